The van der Waals surface area contributed by atoms with Gasteiger partial charge in [-0.15, -0.1) is 0 Å². The Kier molecular flexibility index (Phi) is 4.79. The Bertz CT molecular complexity index is 397. The van der Waals surface area contributed by atoms with Crippen molar-refractivity contribution in [2.45, 2.75) is 13.5 Å². The molecule has 0 aliphatic carbocycles. The fraction of sp³-hybridized carbons (Fsp3) is 0.583. The number of thiol groups is 1. The van der Waals surface area contributed by atoms with E-state index in [0.717, 1.165) is 38.3 Å². The van der Waals surface area contributed by atoms with Crippen molar-refractivity contribution in [2.75, 3.05) is 32.8 Å². The lowest BCUT2D eigenvalue weighted by molar-refractivity contribution is 0.190. The number of halogens is 1. The van der Waals surface area contributed by atoms with Crippen LogP contribution in [0.4, 0.5) is 4.39 Å². The lowest BCUT2D eigenvalue weighted by atomic mass is 10.2. The number of aromatic nitrogens is 1. The van der Waals surface area contributed by atoms with E-state index < -0.39 is 0 Å². The van der Waals surface area contributed by atoms with Crippen LogP contribution >= 0.6 is 12.8 Å². The van der Waals surface area contributed by atoms with Crippen molar-refractivity contribution in [3.05, 3.63) is 23.6 Å². The van der Waals surface area contributed by atoms with Crippen LogP contribution in [0.5, 0.6) is 5.88 Å². The number of piperazine rings is 1. The zero-order valence-electron chi connectivity index (χ0n) is 10.5. The van der Waals surface area contributed by atoms with Crippen molar-refractivity contribution in [2.24, 2.45) is 0 Å². The molecule has 100 valence electrons. The van der Waals surface area contributed by atoms with Gasteiger partial charge in [-0.25, -0.2) is 9.37 Å². The summed E-state index contributed by atoms with van der Waals surface area (Å²) in [6.45, 7) is 6.69. The minimum atomic E-state index is -0.387. The van der Waals surface area contributed by atoms with Gasteiger partial charge in [0.05, 0.1) is 6.61 Å². The highest BCUT2D eigenvalue weighted by atomic mass is 32.1. The molecule has 0 unspecified atom stereocenters. The van der Waals surface area contributed by atoms with E-state index in [9.17, 15) is 4.39 Å². The highest BCUT2D eigenvalue weighted by molar-refractivity contribution is 7.77. The van der Waals surface area contributed by atoms with Crippen LogP contribution in [0.1, 0.15) is 12.5 Å². The molecule has 18 heavy (non-hydrogen) atoms. The van der Waals surface area contributed by atoms with E-state index in [1.165, 1.54) is 6.07 Å². The third kappa shape index (κ3) is 3.57. The summed E-state index contributed by atoms with van der Waals surface area (Å²) in [6, 6.07) is 1.51. The molecule has 1 saturated heterocycles. The topological polar surface area (TPSA) is 28.6 Å². The third-order valence-corrected chi connectivity index (χ3v) is 3.30. The number of pyridine rings is 1. The number of hydrogen-bond donors (Lipinski definition) is 1. The summed E-state index contributed by atoms with van der Waals surface area (Å²) in [7, 11) is 0. The molecule has 1 aromatic heterocycles. The van der Waals surface area contributed by atoms with Crippen LogP contribution in [0.25, 0.3) is 0 Å². The number of ether oxygens (including phenoxy) is 1. The van der Waals surface area contributed by atoms with Crippen LogP contribution < -0.4 is 4.74 Å². The lowest BCUT2D eigenvalue weighted by Crippen LogP contribution is -2.41. The number of hydrogen-bond acceptors (Lipinski definition) is 5. The van der Waals surface area contributed by atoms with Crippen LogP contribution in [-0.4, -0.2) is 47.0 Å². The molecular formula is C12H18FN3OS. The smallest absolute Gasteiger partial charge is 0.250 e. The molecule has 0 radical (unpaired) electrons. The van der Waals surface area contributed by atoms with Crippen LogP contribution in [0.3, 0.4) is 0 Å². The largest absolute Gasteiger partial charge is 0.476 e. The van der Waals surface area contributed by atoms with Crippen molar-refractivity contribution in [1.29, 1.82) is 0 Å². The van der Waals surface area contributed by atoms with E-state index >= 15 is 0 Å². The standard InChI is InChI=1S/C12H18FN3OS/c1-2-17-12-11(13)7-10(8-14-12)9-15-3-5-16(18)6-4-15/h7-8,18H,2-6,9H2,1H3. The SMILES string of the molecule is CCOc1ncc(CN2CCN(S)CC2)cc1F. The van der Waals surface area contributed by atoms with E-state index in [4.69, 9.17) is 4.74 Å². The summed E-state index contributed by atoms with van der Waals surface area (Å²) < 4.78 is 20.7. The minimum Gasteiger partial charge on any atom is -0.476 e. The Balaban J connectivity index is 1.95. The van der Waals surface area contributed by atoms with Crippen molar-refractivity contribution in [3.8, 4) is 5.88 Å². The van der Waals surface area contributed by atoms with Crippen LogP contribution in [0.2, 0.25) is 0 Å². The first-order chi connectivity index (χ1) is 8.69. The van der Waals surface area contributed by atoms with Crippen LogP contribution in [-0.2, 0) is 6.54 Å². The van der Waals surface area contributed by atoms with Gasteiger partial charge in [0.15, 0.2) is 5.82 Å². The maximum Gasteiger partial charge on any atom is 0.250 e. The molecule has 0 bridgehead atoms. The monoisotopic (exact) mass is 271 g/mol. The molecule has 2 rings (SSSR count). The lowest BCUT2D eigenvalue weighted by Gasteiger charge is -2.31. The molecular weight excluding hydrogens is 253 g/mol. The second kappa shape index (κ2) is 6.36. The Hall–Kier alpha value is -0.850. The van der Waals surface area contributed by atoms with Gasteiger partial charge >= 0.3 is 0 Å². The molecule has 0 spiro atoms. The van der Waals surface area contributed by atoms with Crippen LogP contribution in [0, 0.1) is 5.82 Å². The van der Waals surface area contributed by atoms with Gasteiger partial charge < -0.3 is 4.74 Å². The molecule has 1 aliphatic heterocycles. The minimum absolute atomic E-state index is 0.0847. The average molecular weight is 271 g/mol. The summed E-state index contributed by atoms with van der Waals surface area (Å²) >= 11 is 4.30. The normalized spacial score (nSPS) is 17.9. The second-order valence-corrected chi connectivity index (χ2v) is 4.86. The summed E-state index contributed by atoms with van der Waals surface area (Å²) in [4.78, 5) is 6.27. The number of rotatable bonds is 4. The van der Waals surface area contributed by atoms with E-state index in [0.29, 0.717) is 6.61 Å². The van der Waals surface area contributed by atoms with Gasteiger partial charge in [-0.05, 0) is 18.6 Å². The summed E-state index contributed by atoms with van der Waals surface area (Å²) in [5.74, 6) is -0.302. The van der Waals surface area contributed by atoms with Gasteiger partial charge in [-0.3, -0.25) is 9.21 Å². The van der Waals surface area contributed by atoms with Gasteiger partial charge in [-0.2, -0.15) is 0 Å². The molecule has 1 fully saturated rings. The van der Waals surface area contributed by atoms with Crippen molar-refractivity contribution < 1.29 is 9.13 Å². The molecule has 4 nitrogen and oxygen atoms in total. The fourth-order valence-electron chi connectivity index (χ4n) is 1.95. The van der Waals surface area contributed by atoms with E-state index in [-0.39, 0.29) is 11.7 Å². The Morgan fingerprint density at radius 2 is 2.11 bits per heavy atom. The first kappa shape index (κ1) is 13.6. The maximum atomic E-state index is 13.6. The van der Waals surface area contributed by atoms with Crippen molar-refractivity contribution >= 4 is 12.8 Å². The molecule has 0 atom stereocenters. The molecule has 6 heteroatoms. The number of nitrogens with zero attached hydrogens (tertiary/aromatic N) is 3. The van der Waals surface area contributed by atoms with Gasteiger partial charge in [0.25, 0.3) is 0 Å². The summed E-state index contributed by atoms with van der Waals surface area (Å²) in [5, 5.41) is 0. The summed E-state index contributed by atoms with van der Waals surface area (Å²) in [6.07, 6.45) is 1.68. The van der Waals surface area contributed by atoms with E-state index in [1.54, 1.807) is 6.20 Å². The molecule has 0 amide bonds. The van der Waals surface area contributed by atoms with E-state index in [1.807, 2.05) is 11.2 Å². The predicted molar refractivity (Wildman–Crippen MR) is 71.2 cm³/mol. The molecule has 0 saturated carbocycles. The molecule has 2 heterocycles. The molecule has 1 aliphatic rings. The van der Waals surface area contributed by atoms with Crippen molar-refractivity contribution in [3.63, 3.8) is 0 Å². The first-order valence-electron chi connectivity index (χ1n) is 6.12. The first-order valence-corrected chi connectivity index (χ1v) is 6.52. The Morgan fingerprint density at radius 1 is 1.39 bits per heavy atom. The van der Waals surface area contributed by atoms with Gasteiger partial charge in [0.1, 0.15) is 0 Å². The zero-order chi connectivity index (χ0) is 13.0. The van der Waals surface area contributed by atoms with Gasteiger partial charge in [0, 0.05) is 38.9 Å². The Labute approximate surface area is 112 Å². The second-order valence-electron chi connectivity index (χ2n) is 4.29. The fourth-order valence-corrected chi connectivity index (χ4v) is 2.13. The maximum absolute atomic E-state index is 13.6. The quantitative estimate of drug-likeness (QED) is 0.842. The molecule has 0 N–H and O–H groups in total. The predicted octanol–water partition coefficient (Wildman–Crippen LogP) is 1.58. The van der Waals surface area contributed by atoms with Crippen molar-refractivity contribution in [1.82, 2.24) is 14.2 Å². The summed E-state index contributed by atoms with van der Waals surface area (Å²) in [5.41, 5.74) is 0.878. The highest BCUT2D eigenvalue weighted by Gasteiger charge is 2.15. The highest BCUT2D eigenvalue weighted by Crippen LogP contribution is 2.16. The van der Waals surface area contributed by atoms with E-state index in [2.05, 4.69) is 22.7 Å². The van der Waals surface area contributed by atoms with Crippen LogP contribution in [0.15, 0.2) is 12.3 Å². The molecule has 0 aromatic carbocycles. The zero-order valence-corrected chi connectivity index (χ0v) is 11.4. The average Bonchev–Trinajstić information content (AvgIpc) is 2.36. The Morgan fingerprint density at radius 3 is 2.72 bits per heavy atom. The third-order valence-electron chi connectivity index (χ3n) is 2.90. The molecule has 1 aromatic rings. The van der Waals surface area contributed by atoms with Gasteiger partial charge in [0.2, 0.25) is 5.88 Å². The van der Waals surface area contributed by atoms with Gasteiger partial charge in [-0.1, -0.05) is 12.8 Å².